The highest BCUT2D eigenvalue weighted by Gasteiger charge is 2.18. The van der Waals surface area contributed by atoms with Gasteiger partial charge in [-0.15, -0.1) is 0 Å². The Kier molecular flexibility index (Phi) is 9.60. The maximum atomic E-state index is 11.9. The van der Waals surface area contributed by atoms with Gasteiger partial charge in [-0.1, -0.05) is 13.3 Å². The number of carbonyl (C=O) groups is 1. The van der Waals surface area contributed by atoms with E-state index in [0.29, 0.717) is 12.5 Å². The molecule has 0 heterocycles. The molecule has 0 bridgehead atoms. The topological polar surface area (TPSA) is 75.2 Å². The number of hydrogen-bond acceptors (Lipinski definition) is 4. The summed E-state index contributed by atoms with van der Waals surface area (Å²) in [5.74, 6) is 2.25. The Balaban J connectivity index is 2.10. The van der Waals surface area contributed by atoms with Gasteiger partial charge >= 0.3 is 0 Å². The van der Waals surface area contributed by atoms with Gasteiger partial charge in [0, 0.05) is 32.3 Å². The first kappa shape index (κ1) is 22.8. The minimum Gasteiger partial charge on any atom is -0.497 e. The van der Waals surface area contributed by atoms with Gasteiger partial charge in [0.15, 0.2) is 5.96 Å². The zero-order valence-electron chi connectivity index (χ0n) is 18.3. The SMILES string of the molecule is CCCCNC(=NCc1ccc(OC)cc1OC1CCCC1)NCC(=O)N(C)C. The van der Waals surface area contributed by atoms with Gasteiger partial charge in [0.05, 0.1) is 26.3 Å². The van der Waals surface area contributed by atoms with Crippen molar-refractivity contribution in [2.24, 2.45) is 4.99 Å². The zero-order chi connectivity index (χ0) is 21.1. The van der Waals surface area contributed by atoms with Gasteiger partial charge in [-0.25, -0.2) is 4.99 Å². The molecule has 7 nitrogen and oxygen atoms in total. The molecule has 29 heavy (non-hydrogen) atoms. The second-order valence-electron chi connectivity index (χ2n) is 7.58. The number of guanidine groups is 1. The molecule has 0 unspecified atom stereocenters. The number of amides is 1. The number of methoxy groups -OCH3 is 1. The monoisotopic (exact) mass is 404 g/mol. The van der Waals surface area contributed by atoms with Gasteiger partial charge in [-0.05, 0) is 44.2 Å². The molecule has 1 aliphatic rings. The largest absolute Gasteiger partial charge is 0.497 e. The molecule has 2 rings (SSSR count). The number of carbonyl (C=O) groups excluding carboxylic acids is 1. The van der Waals surface area contributed by atoms with Crippen molar-refractivity contribution < 1.29 is 14.3 Å². The average molecular weight is 405 g/mol. The summed E-state index contributed by atoms with van der Waals surface area (Å²) in [6, 6.07) is 5.87. The van der Waals surface area contributed by atoms with Gasteiger partial charge in [-0.3, -0.25) is 4.79 Å². The molecule has 1 aromatic carbocycles. The molecule has 2 N–H and O–H groups in total. The summed E-state index contributed by atoms with van der Waals surface area (Å²) in [6.45, 7) is 3.63. The van der Waals surface area contributed by atoms with Crippen LogP contribution in [0.5, 0.6) is 11.5 Å². The van der Waals surface area contributed by atoms with Gasteiger partial charge in [0.25, 0.3) is 0 Å². The standard InChI is InChI=1S/C22H36N4O3/c1-5-6-13-23-22(25-16-21(27)26(2)3)24-15-17-11-12-19(28-4)14-20(17)29-18-9-7-8-10-18/h11-12,14,18H,5-10,13,15-16H2,1-4H3,(H2,23,24,25). The number of rotatable bonds is 10. The highest BCUT2D eigenvalue weighted by Crippen LogP contribution is 2.30. The van der Waals surface area contributed by atoms with Crippen molar-refractivity contribution in [1.82, 2.24) is 15.5 Å². The van der Waals surface area contributed by atoms with Gasteiger partial charge in [0.1, 0.15) is 11.5 Å². The highest BCUT2D eigenvalue weighted by atomic mass is 16.5. The summed E-state index contributed by atoms with van der Waals surface area (Å²) in [4.78, 5) is 18.2. The van der Waals surface area contributed by atoms with E-state index >= 15 is 0 Å². The Morgan fingerprint density at radius 3 is 2.66 bits per heavy atom. The predicted molar refractivity (Wildman–Crippen MR) is 117 cm³/mol. The second-order valence-corrected chi connectivity index (χ2v) is 7.58. The van der Waals surface area contributed by atoms with Crippen LogP contribution in [-0.2, 0) is 11.3 Å². The molecule has 162 valence electrons. The zero-order valence-corrected chi connectivity index (χ0v) is 18.3. The van der Waals surface area contributed by atoms with Crippen LogP contribution >= 0.6 is 0 Å². The summed E-state index contributed by atoms with van der Waals surface area (Å²) < 4.78 is 11.6. The number of hydrogen-bond donors (Lipinski definition) is 2. The van der Waals surface area contributed by atoms with Crippen molar-refractivity contribution in [3.63, 3.8) is 0 Å². The number of likely N-dealkylation sites (N-methyl/N-ethyl adjacent to an activating group) is 1. The summed E-state index contributed by atoms with van der Waals surface area (Å²) >= 11 is 0. The van der Waals surface area contributed by atoms with E-state index in [1.165, 1.54) is 12.8 Å². The van der Waals surface area contributed by atoms with Crippen molar-refractivity contribution >= 4 is 11.9 Å². The molecule has 1 amide bonds. The van der Waals surface area contributed by atoms with Crippen molar-refractivity contribution in [1.29, 1.82) is 0 Å². The second kappa shape index (κ2) is 12.2. The normalized spacial score (nSPS) is 14.6. The maximum Gasteiger partial charge on any atom is 0.241 e. The van der Waals surface area contributed by atoms with E-state index < -0.39 is 0 Å². The Labute approximate surface area is 174 Å². The number of benzene rings is 1. The molecule has 1 aromatic rings. The molecule has 7 heteroatoms. The fourth-order valence-electron chi connectivity index (χ4n) is 3.13. The van der Waals surface area contributed by atoms with Crippen LogP contribution in [-0.4, -0.2) is 57.2 Å². The average Bonchev–Trinajstić information content (AvgIpc) is 3.23. The smallest absolute Gasteiger partial charge is 0.241 e. The third-order valence-corrected chi connectivity index (χ3v) is 5.01. The summed E-state index contributed by atoms with van der Waals surface area (Å²) in [7, 11) is 5.15. The van der Waals surface area contributed by atoms with Crippen LogP contribution in [0, 0.1) is 0 Å². The van der Waals surface area contributed by atoms with Crippen LogP contribution in [0.1, 0.15) is 51.0 Å². The van der Waals surface area contributed by atoms with E-state index in [9.17, 15) is 4.79 Å². The van der Waals surface area contributed by atoms with Crippen LogP contribution in [0.4, 0.5) is 0 Å². The molecular weight excluding hydrogens is 368 g/mol. The van der Waals surface area contributed by atoms with Crippen molar-refractivity contribution in [2.45, 2.75) is 58.1 Å². The third-order valence-electron chi connectivity index (χ3n) is 5.01. The van der Waals surface area contributed by atoms with Gasteiger partial charge in [0.2, 0.25) is 5.91 Å². The lowest BCUT2D eigenvalue weighted by atomic mass is 10.2. The molecule has 0 radical (unpaired) electrons. The third kappa shape index (κ3) is 7.83. The summed E-state index contributed by atoms with van der Waals surface area (Å²) in [5.41, 5.74) is 1.01. The fraction of sp³-hybridized carbons (Fsp3) is 0.636. The van der Waals surface area contributed by atoms with E-state index in [4.69, 9.17) is 14.5 Å². The van der Waals surface area contributed by atoms with E-state index in [-0.39, 0.29) is 18.6 Å². The molecule has 0 aromatic heterocycles. The Hall–Kier alpha value is -2.44. The van der Waals surface area contributed by atoms with Crippen LogP contribution in [0.2, 0.25) is 0 Å². The maximum absolute atomic E-state index is 11.9. The predicted octanol–water partition coefficient (Wildman–Crippen LogP) is 2.94. The van der Waals surface area contributed by atoms with E-state index in [1.54, 1.807) is 26.1 Å². The van der Waals surface area contributed by atoms with E-state index in [1.807, 2.05) is 18.2 Å². The number of nitrogens with zero attached hydrogens (tertiary/aromatic N) is 2. The number of aliphatic imine (C=N–C) groups is 1. The van der Waals surface area contributed by atoms with E-state index in [0.717, 1.165) is 49.3 Å². The lowest BCUT2D eigenvalue weighted by molar-refractivity contribution is -0.127. The first-order valence-electron chi connectivity index (χ1n) is 10.6. The molecule has 1 fully saturated rings. The number of unbranched alkanes of at least 4 members (excludes halogenated alkanes) is 1. The lowest BCUT2D eigenvalue weighted by Crippen LogP contribution is -2.43. The first-order valence-corrected chi connectivity index (χ1v) is 10.6. The lowest BCUT2D eigenvalue weighted by Gasteiger charge is -2.18. The summed E-state index contributed by atoms with van der Waals surface area (Å²) in [6.07, 6.45) is 7.03. The minimum absolute atomic E-state index is 0.00435. The van der Waals surface area contributed by atoms with Crippen LogP contribution in [0.25, 0.3) is 0 Å². The van der Waals surface area contributed by atoms with Crippen molar-refractivity contribution in [3.8, 4) is 11.5 Å². The fourth-order valence-corrected chi connectivity index (χ4v) is 3.13. The Morgan fingerprint density at radius 2 is 2.00 bits per heavy atom. The van der Waals surface area contributed by atoms with Crippen LogP contribution < -0.4 is 20.1 Å². The van der Waals surface area contributed by atoms with Crippen LogP contribution in [0.3, 0.4) is 0 Å². The number of nitrogens with one attached hydrogen (secondary N) is 2. The number of ether oxygens (including phenoxy) is 2. The first-order chi connectivity index (χ1) is 14.0. The molecule has 1 saturated carbocycles. The van der Waals surface area contributed by atoms with E-state index in [2.05, 4.69) is 17.6 Å². The Morgan fingerprint density at radius 1 is 1.24 bits per heavy atom. The van der Waals surface area contributed by atoms with Crippen molar-refractivity contribution in [3.05, 3.63) is 23.8 Å². The molecule has 0 atom stereocenters. The van der Waals surface area contributed by atoms with Gasteiger partial charge in [-0.2, -0.15) is 0 Å². The minimum atomic E-state index is 0.00435. The van der Waals surface area contributed by atoms with Gasteiger partial charge < -0.3 is 25.0 Å². The molecule has 1 aliphatic carbocycles. The quantitative estimate of drug-likeness (QED) is 0.356. The van der Waals surface area contributed by atoms with Crippen LogP contribution in [0.15, 0.2) is 23.2 Å². The molecular formula is C22H36N4O3. The highest BCUT2D eigenvalue weighted by molar-refractivity contribution is 5.86. The Bertz CT molecular complexity index is 670. The molecule has 0 aliphatic heterocycles. The summed E-state index contributed by atoms with van der Waals surface area (Å²) in [5, 5.41) is 6.43. The molecule has 0 saturated heterocycles. The van der Waals surface area contributed by atoms with Crippen molar-refractivity contribution in [2.75, 3.05) is 34.3 Å². The molecule has 0 spiro atoms.